The third-order valence-corrected chi connectivity index (χ3v) is 7.48. The number of hydrogen-bond donors (Lipinski definition) is 2. The summed E-state index contributed by atoms with van der Waals surface area (Å²) in [5.41, 5.74) is -0.809. The van der Waals surface area contributed by atoms with Gasteiger partial charge in [-0.25, -0.2) is 22.7 Å². The van der Waals surface area contributed by atoms with E-state index in [0.29, 0.717) is 17.8 Å². The summed E-state index contributed by atoms with van der Waals surface area (Å²) in [6, 6.07) is 2.61. The molecule has 4 aliphatic rings. The summed E-state index contributed by atoms with van der Waals surface area (Å²) in [4.78, 5) is 24.6. The number of ether oxygens (including phenoxy) is 1. The maximum Gasteiger partial charge on any atom is 0.341 e. The maximum absolute atomic E-state index is 14.0. The monoisotopic (exact) mass is 424 g/mol. The largest absolute Gasteiger partial charge is 0.449 e. The number of primary sulfonamides is 1. The molecule has 4 saturated carbocycles. The second-order valence-electron chi connectivity index (χ2n) is 8.92. The number of nitrogens with one attached hydrogen (secondary N) is 1. The molecule has 0 heterocycles. The first-order chi connectivity index (χ1) is 13.5. The van der Waals surface area contributed by atoms with Crippen LogP contribution in [0.3, 0.4) is 0 Å². The Kier molecular flexibility index (Phi) is 4.93. The summed E-state index contributed by atoms with van der Waals surface area (Å²) < 4.78 is 42.0. The number of benzene rings is 1. The first kappa shape index (κ1) is 20.3. The second kappa shape index (κ2) is 7.05. The van der Waals surface area contributed by atoms with E-state index in [9.17, 15) is 22.4 Å². The van der Waals surface area contributed by atoms with Gasteiger partial charge in [0.15, 0.2) is 6.10 Å². The van der Waals surface area contributed by atoms with Crippen molar-refractivity contribution in [3.63, 3.8) is 0 Å². The van der Waals surface area contributed by atoms with Gasteiger partial charge in [0, 0.05) is 5.54 Å². The average molecular weight is 424 g/mol. The molecule has 9 heteroatoms. The highest BCUT2D eigenvalue weighted by molar-refractivity contribution is 7.89. The number of halogens is 1. The van der Waals surface area contributed by atoms with E-state index < -0.39 is 44.3 Å². The Hall–Kier alpha value is -2.00. The van der Waals surface area contributed by atoms with E-state index in [0.717, 1.165) is 37.5 Å². The molecule has 1 aromatic rings. The van der Waals surface area contributed by atoms with Gasteiger partial charge in [-0.3, -0.25) is 4.79 Å². The van der Waals surface area contributed by atoms with Gasteiger partial charge in [0.2, 0.25) is 10.0 Å². The molecular formula is C20H25FN2O5S. The molecule has 1 amide bonds. The third kappa shape index (κ3) is 4.02. The van der Waals surface area contributed by atoms with Gasteiger partial charge in [0.05, 0.1) is 10.5 Å². The molecule has 158 valence electrons. The maximum atomic E-state index is 14.0. The average Bonchev–Trinajstić information content (AvgIpc) is 2.59. The van der Waals surface area contributed by atoms with Crippen molar-refractivity contribution in [1.82, 2.24) is 5.32 Å². The second-order valence-corrected chi connectivity index (χ2v) is 10.5. The number of carbonyl (C=O) groups excluding carboxylic acids is 2. The van der Waals surface area contributed by atoms with Crippen molar-refractivity contribution in [3.05, 3.63) is 29.6 Å². The van der Waals surface area contributed by atoms with E-state index >= 15 is 0 Å². The molecule has 1 aromatic carbocycles. The van der Waals surface area contributed by atoms with Gasteiger partial charge >= 0.3 is 5.97 Å². The van der Waals surface area contributed by atoms with Crippen molar-refractivity contribution in [3.8, 4) is 0 Å². The Bertz CT molecular complexity index is 926. The SMILES string of the molecule is C[C@H](OC(=O)c1cc(S(N)(=O)=O)ccc1F)C(=O)NC12CC3CC(CC(C3)C1)C2. The van der Waals surface area contributed by atoms with Crippen molar-refractivity contribution in [2.45, 2.75) is 62.0 Å². The summed E-state index contributed by atoms with van der Waals surface area (Å²) in [5, 5.41) is 8.13. The Labute approximate surface area is 169 Å². The topological polar surface area (TPSA) is 116 Å². The fourth-order valence-electron chi connectivity index (χ4n) is 5.74. The molecule has 0 unspecified atom stereocenters. The molecule has 0 spiro atoms. The highest BCUT2D eigenvalue weighted by atomic mass is 32.2. The first-order valence-corrected chi connectivity index (χ1v) is 11.4. The first-order valence-electron chi connectivity index (χ1n) is 9.90. The van der Waals surface area contributed by atoms with E-state index in [1.807, 2.05) is 0 Å². The van der Waals surface area contributed by atoms with Gasteiger partial charge in [-0.05, 0) is 81.4 Å². The lowest BCUT2D eigenvalue weighted by Gasteiger charge is -2.57. The molecule has 3 N–H and O–H groups in total. The molecule has 5 rings (SSSR count). The Morgan fingerprint density at radius 3 is 2.24 bits per heavy atom. The van der Waals surface area contributed by atoms with Crippen LogP contribution in [0, 0.1) is 23.6 Å². The minimum absolute atomic E-state index is 0.231. The highest BCUT2D eigenvalue weighted by Crippen LogP contribution is 2.55. The van der Waals surface area contributed by atoms with Crippen LogP contribution in [0.5, 0.6) is 0 Å². The fraction of sp³-hybridized carbons (Fsp3) is 0.600. The summed E-state index contributed by atoms with van der Waals surface area (Å²) in [6.07, 6.45) is 5.44. The minimum atomic E-state index is -4.10. The van der Waals surface area contributed by atoms with Crippen LogP contribution in [0.15, 0.2) is 23.1 Å². The molecule has 4 bridgehead atoms. The molecule has 0 radical (unpaired) electrons. The quantitative estimate of drug-likeness (QED) is 0.703. The number of nitrogens with two attached hydrogens (primary N) is 1. The van der Waals surface area contributed by atoms with Crippen LogP contribution in [-0.2, 0) is 19.6 Å². The molecule has 0 saturated heterocycles. The zero-order chi connectivity index (χ0) is 21.0. The van der Waals surface area contributed by atoms with E-state index in [4.69, 9.17) is 9.88 Å². The molecule has 4 aliphatic carbocycles. The van der Waals surface area contributed by atoms with Gasteiger partial charge in [0.1, 0.15) is 5.82 Å². The smallest absolute Gasteiger partial charge is 0.341 e. The van der Waals surface area contributed by atoms with E-state index in [-0.39, 0.29) is 5.54 Å². The van der Waals surface area contributed by atoms with Gasteiger partial charge < -0.3 is 10.1 Å². The van der Waals surface area contributed by atoms with Gasteiger partial charge in [-0.15, -0.1) is 0 Å². The molecule has 29 heavy (non-hydrogen) atoms. The number of rotatable bonds is 5. The van der Waals surface area contributed by atoms with E-state index in [2.05, 4.69) is 5.32 Å². The molecule has 0 aromatic heterocycles. The lowest BCUT2D eigenvalue weighted by atomic mass is 9.53. The van der Waals surface area contributed by atoms with Gasteiger partial charge in [-0.1, -0.05) is 0 Å². The summed E-state index contributed by atoms with van der Waals surface area (Å²) in [7, 11) is -4.10. The van der Waals surface area contributed by atoms with E-state index in [1.165, 1.54) is 26.2 Å². The zero-order valence-corrected chi connectivity index (χ0v) is 17.0. The number of amides is 1. The van der Waals surface area contributed by atoms with Crippen molar-refractivity contribution in [2.75, 3.05) is 0 Å². The zero-order valence-electron chi connectivity index (χ0n) is 16.2. The minimum Gasteiger partial charge on any atom is -0.449 e. The summed E-state index contributed by atoms with van der Waals surface area (Å²) in [6.45, 7) is 1.43. The lowest BCUT2D eigenvalue weighted by Crippen LogP contribution is -2.61. The van der Waals surface area contributed by atoms with Crippen molar-refractivity contribution in [2.24, 2.45) is 22.9 Å². The molecule has 0 aliphatic heterocycles. The number of carbonyl (C=O) groups is 2. The Balaban J connectivity index is 1.44. The normalized spacial score (nSPS) is 31.3. The van der Waals surface area contributed by atoms with Gasteiger partial charge in [0.25, 0.3) is 5.91 Å². The van der Waals surface area contributed by atoms with Crippen LogP contribution in [-0.4, -0.2) is 31.9 Å². The Morgan fingerprint density at radius 2 is 1.72 bits per heavy atom. The standard InChI is InChI=1S/C20H25FN2O5S/c1-11(28-19(25)16-7-15(29(22,26)27)2-3-17(16)21)18(24)23-20-8-12-4-13(9-20)6-14(5-12)10-20/h2-3,7,11-14H,4-6,8-10H2,1H3,(H,23,24)(H2,22,26,27)/t11-,12?,13?,14?,20?/m0/s1. The molecule has 7 nitrogen and oxygen atoms in total. The summed E-state index contributed by atoms with van der Waals surface area (Å²) in [5.74, 6) is -0.529. The fourth-order valence-corrected chi connectivity index (χ4v) is 6.28. The van der Waals surface area contributed by atoms with Crippen LogP contribution in [0.1, 0.15) is 55.8 Å². The molecule has 1 atom stereocenters. The number of hydrogen-bond acceptors (Lipinski definition) is 5. The predicted octanol–water partition coefficient (Wildman–Crippen LogP) is 2.10. The van der Waals surface area contributed by atoms with Crippen LogP contribution in [0.2, 0.25) is 0 Å². The molecule has 4 fully saturated rings. The van der Waals surface area contributed by atoms with Crippen LogP contribution in [0.25, 0.3) is 0 Å². The lowest BCUT2D eigenvalue weighted by molar-refractivity contribution is -0.134. The van der Waals surface area contributed by atoms with Crippen LogP contribution in [0.4, 0.5) is 4.39 Å². The van der Waals surface area contributed by atoms with Gasteiger partial charge in [-0.2, -0.15) is 0 Å². The van der Waals surface area contributed by atoms with Crippen molar-refractivity contribution in [1.29, 1.82) is 0 Å². The summed E-state index contributed by atoms with van der Waals surface area (Å²) >= 11 is 0. The predicted molar refractivity (Wildman–Crippen MR) is 102 cm³/mol. The number of esters is 1. The van der Waals surface area contributed by atoms with Crippen molar-refractivity contribution >= 4 is 21.9 Å². The van der Waals surface area contributed by atoms with Crippen molar-refractivity contribution < 1.29 is 27.1 Å². The highest BCUT2D eigenvalue weighted by Gasteiger charge is 2.51. The van der Waals surface area contributed by atoms with Crippen LogP contribution >= 0.6 is 0 Å². The molecular weight excluding hydrogens is 399 g/mol. The Morgan fingerprint density at radius 1 is 1.17 bits per heavy atom. The number of sulfonamides is 1. The third-order valence-electron chi connectivity index (χ3n) is 6.57. The van der Waals surface area contributed by atoms with Crippen LogP contribution < -0.4 is 10.5 Å². The van der Waals surface area contributed by atoms with E-state index in [1.54, 1.807) is 0 Å².